The Morgan fingerprint density at radius 2 is 1.87 bits per heavy atom. The average Bonchev–Trinajstić information content (AvgIpc) is 2.87. The Hall–Kier alpha value is -2.50. The second-order valence-corrected chi connectivity index (χ2v) is 8.09. The summed E-state index contributed by atoms with van der Waals surface area (Å²) in [6.45, 7) is 3.63. The largest absolute Gasteiger partial charge is 0.352 e. The third-order valence-corrected chi connectivity index (χ3v) is 5.60. The first-order valence-electron chi connectivity index (χ1n) is 9.31. The molecule has 2 aromatic carbocycles. The van der Waals surface area contributed by atoms with Crippen LogP contribution in [0, 0.1) is 18.7 Å². The Morgan fingerprint density at radius 1 is 1.17 bits per heavy atom. The minimum atomic E-state index is -1.14. The zero-order valence-electron chi connectivity index (χ0n) is 16.4. The van der Waals surface area contributed by atoms with Crippen molar-refractivity contribution in [2.75, 3.05) is 0 Å². The smallest absolute Gasteiger partial charge is 0.224 e. The lowest BCUT2D eigenvalue weighted by Gasteiger charge is -2.34. The summed E-state index contributed by atoms with van der Waals surface area (Å²) in [5.74, 6) is -2.16. The van der Waals surface area contributed by atoms with Crippen molar-refractivity contribution in [3.05, 3.63) is 93.1 Å². The quantitative estimate of drug-likeness (QED) is 0.552. The highest BCUT2D eigenvalue weighted by molar-refractivity contribution is 6.34. The normalized spacial score (nSPS) is 19.2. The fourth-order valence-electron chi connectivity index (χ4n) is 3.65. The number of carbonyl (C=O) groups is 1. The number of nitrogens with zero attached hydrogens (tertiary/aromatic N) is 1. The molecule has 1 heterocycles. The Morgan fingerprint density at radius 3 is 2.53 bits per heavy atom. The molecular weight excluding hydrogens is 429 g/mol. The van der Waals surface area contributed by atoms with Crippen LogP contribution < -0.4 is 5.32 Å². The van der Waals surface area contributed by atoms with Gasteiger partial charge in [0.2, 0.25) is 11.9 Å². The van der Waals surface area contributed by atoms with E-state index in [0.29, 0.717) is 21.2 Å². The number of aryl methyl sites for hydroxylation is 1. The van der Waals surface area contributed by atoms with Crippen LogP contribution in [0.25, 0.3) is 0 Å². The van der Waals surface area contributed by atoms with E-state index in [1.165, 1.54) is 24.4 Å². The fraction of sp³-hybridized carbons (Fsp3) is 0.217. The number of halogens is 4. The molecule has 0 spiro atoms. The zero-order chi connectivity index (χ0) is 21.9. The highest BCUT2D eigenvalue weighted by Crippen LogP contribution is 2.40. The number of amides is 1. The summed E-state index contributed by atoms with van der Waals surface area (Å²) in [6.07, 6.45) is 5.93. The van der Waals surface area contributed by atoms with Crippen molar-refractivity contribution in [1.29, 1.82) is 0 Å². The summed E-state index contributed by atoms with van der Waals surface area (Å²) in [7, 11) is 0. The SMILES string of the molecule is Cc1cc(F)ccc1C1(C(C)C(=O)NCc2cc(Cl)cc(Cl)c2)C=CC=NC(F)=C1. The molecular formula is C23H20Cl2F2N2O. The van der Waals surface area contributed by atoms with E-state index >= 15 is 0 Å². The van der Waals surface area contributed by atoms with Gasteiger partial charge in [-0.2, -0.15) is 4.39 Å². The summed E-state index contributed by atoms with van der Waals surface area (Å²) >= 11 is 12.0. The monoisotopic (exact) mass is 448 g/mol. The van der Waals surface area contributed by atoms with Crippen molar-refractivity contribution >= 4 is 35.3 Å². The molecule has 1 aliphatic heterocycles. The minimum absolute atomic E-state index is 0.203. The molecule has 0 saturated heterocycles. The van der Waals surface area contributed by atoms with Crippen LogP contribution in [0.2, 0.25) is 10.0 Å². The Balaban J connectivity index is 1.95. The Bertz CT molecular complexity index is 1040. The number of allylic oxidation sites excluding steroid dienone is 3. The summed E-state index contributed by atoms with van der Waals surface area (Å²) in [6, 6.07) is 9.25. The Kier molecular flexibility index (Phi) is 6.74. The second kappa shape index (κ2) is 9.11. The van der Waals surface area contributed by atoms with Crippen molar-refractivity contribution in [1.82, 2.24) is 5.32 Å². The van der Waals surface area contributed by atoms with Crippen LogP contribution in [-0.4, -0.2) is 12.1 Å². The number of nitrogens with one attached hydrogen (secondary N) is 1. The molecule has 0 bridgehead atoms. The van der Waals surface area contributed by atoms with Crippen molar-refractivity contribution < 1.29 is 13.6 Å². The van der Waals surface area contributed by atoms with Gasteiger partial charge >= 0.3 is 0 Å². The fourth-order valence-corrected chi connectivity index (χ4v) is 4.23. The molecule has 1 aliphatic rings. The first-order chi connectivity index (χ1) is 14.2. The molecule has 3 nitrogen and oxygen atoms in total. The van der Waals surface area contributed by atoms with Crippen molar-refractivity contribution in [3.63, 3.8) is 0 Å². The van der Waals surface area contributed by atoms with Gasteiger partial charge in [0.25, 0.3) is 0 Å². The van der Waals surface area contributed by atoms with Crippen molar-refractivity contribution in [3.8, 4) is 0 Å². The van der Waals surface area contributed by atoms with E-state index in [9.17, 15) is 13.6 Å². The van der Waals surface area contributed by atoms with Crippen LogP contribution in [0.1, 0.15) is 23.6 Å². The zero-order valence-corrected chi connectivity index (χ0v) is 17.9. The lowest BCUT2D eigenvalue weighted by atomic mass is 9.68. The van der Waals surface area contributed by atoms with E-state index in [1.54, 1.807) is 50.3 Å². The topological polar surface area (TPSA) is 41.5 Å². The van der Waals surface area contributed by atoms with Gasteiger partial charge in [-0.05, 0) is 66.1 Å². The molecule has 2 aromatic rings. The van der Waals surface area contributed by atoms with Crippen LogP contribution in [0.4, 0.5) is 8.78 Å². The van der Waals surface area contributed by atoms with E-state index < -0.39 is 23.1 Å². The first-order valence-corrected chi connectivity index (χ1v) is 10.1. The molecule has 1 amide bonds. The van der Waals surface area contributed by atoms with Crippen LogP contribution in [0.3, 0.4) is 0 Å². The van der Waals surface area contributed by atoms with Crippen LogP contribution in [0.5, 0.6) is 0 Å². The van der Waals surface area contributed by atoms with Gasteiger partial charge in [-0.1, -0.05) is 42.3 Å². The molecule has 0 fully saturated rings. The van der Waals surface area contributed by atoms with Gasteiger partial charge in [-0.25, -0.2) is 9.38 Å². The molecule has 3 rings (SSSR count). The predicted molar refractivity (Wildman–Crippen MR) is 117 cm³/mol. The maximum Gasteiger partial charge on any atom is 0.224 e. The van der Waals surface area contributed by atoms with E-state index in [2.05, 4.69) is 10.3 Å². The molecule has 30 heavy (non-hydrogen) atoms. The highest BCUT2D eigenvalue weighted by Gasteiger charge is 2.40. The number of aliphatic imine (C=N–C) groups is 1. The summed E-state index contributed by atoms with van der Waals surface area (Å²) in [5.41, 5.74) is 0.816. The van der Waals surface area contributed by atoms with Gasteiger partial charge in [0.1, 0.15) is 5.82 Å². The summed E-state index contributed by atoms with van der Waals surface area (Å²) in [5, 5.41) is 3.78. The minimum Gasteiger partial charge on any atom is -0.352 e. The number of benzene rings is 2. The van der Waals surface area contributed by atoms with Crippen LogP contribution >= 0.6 is 23.2 Å². The van der Waals surface area contributed by atoms with Crippen LogP contribution in [-0.2, 0) is 16.8 Å². The first kappa shape index (κ1) is 22.2. The van der Waals surface area contributed by atoms with Gasteiger partial charge < -0.3 is 5.32 Å². The summed E-state index contributed by atoms with van der Waals surface area (Å²) < 4.78 is 28.1. The van der Waals surface area contributed by atoms with E-state index in [4.69, 9.17) is 23.2 Å². The Labute approximate surface area is 184 Å². The second-order valence-electron chi connectivity index (χ2n) is 7.21. The average molecular weight is 449 g/mol. The lowest BCUT2D eigenvalue weighted by Crippen LogP contribution is -2.41. The molecule has 0 saturated carbocycles. The maximum absolute atomic E-state index is 14.4. The van der Waals surface area contributed by atoms with Crippen molar-refractivity contribution in [2.45, 2.75) is 25.8 Å². The molecule has 0 aliphatic carbocycles. The standard InChI is InChI=1S/C23H20Cl2F2N2O/c1-14-8-19(26)4-5-20(14)23(6-3-7-28-21(27)12-23)15(2)22(30)29-13-16-9-17(24)11-18(25)10-16/h3-12,15H,13H2,1-2H3,(H,29,30). The molecule has 156 valence electrons. The van der Waals surface area contributed by atoms with E-state index in [-0.39, 0.29) is 12.5 Å². The number of rotatable bonds is 5. The number of hydrogen-bond acceptors (Lipinski definition) is 2. The molecule has 0 radical (unpaired) electrons. The van der Waals surface area contributed by atoms with Crippen molar-refractivity contribution in [2.24, 2.45) is 10.9 Å². The van der Waals surface area contributed by atoms with Gasteiger partial charge in [0, 0.05) is 28.2 Å². The van der Waals surface area contributed by atoms with Crippen LogP contribution in [0.15, 0.2) is 65.6 Å². The van der Waals surface area contributed by atoms with E-state index in [1.807, 2.05) is 0 Å². The van der Waals surface area contributed by atoms with Gasteiger partial charge in [0.05, 0.1) is 5.92 Å². The molecule has 2 atom stereocenters. The number of hydrogen-bond donors (Lipinski definition) is 1. The third-order valence-electron chi connectivity index (χ3n) is 5.17. The number of carbonyl (C=O) groups excluding carboxylic acids is 1. The third kappa shape index (κ3) is 4.79. The molecule has 7 heteroatoms. The van der Waals surface area contributed by atoms with Gasteiger partial charge in [-0.3, -0.25) is 4.79 Å². The summed E-state index contributed by atoms with van der Waals surface area (Å²) in [4.78, 5) is 16.8. The highest BCUT2D eigenvalue weighted by atomic mass is 35.5. The van der Waals surface area contributed by atoms with E-state index in [0.717, 1.165) is 5.56 Å². The molecule has 2 unspecified atom stereocenters. The maximum atomic E-state index is 14.4. The lowest BCUT2D eigenvalue weighted by molar-refractivity contribution is -0.125. The molecule has 0 aromatic heterocycles. The van der Waals surface area contributed by atoms with Gasteiger partial charge in [0.15, 0.2) is 0 Å². The van der Waals surface area contributed by atoms with Gasteiger partial charge in [-0.15, -0.1) is 0 Å². The molecule has 1 N–H and O–H groups in total. The predicted octanol–water partition coefficient (Wildman–Crippen LogP) is 6.08.